The molecule has 0 aliphatic heterocycles. The van der Waals surface area contributed by atoms with Gasteiger partial charge in [0.25, 0.3) is 0 Å². The highest BCUT2D eigenvalue weighted by Crippen LogP contribution is 2.28. The van der Waals surface area contributed by atoms with E-state index < -0.39 is 0 Å². The molecule has 0 saturated heterocycles. The Morgan fingerprint density at radius 3 is 2.38 bits per heavy atom. The minimum atomic E-state index is 0.527. The molecule has 0 spiro atoms. The molecule has 0 amide bonds. The van der Waals surface area contributed by atoms with Crippen LogP contribution in [0.3, 0.4) is 0 Å². The van der Waals surface area contributed by atoms with Crippen LogP contribution in [0.1, 0.15) is 18.1 Å². The standard InChI is InChI=1S/C27H26N6O/c1-3-34-23-15-13-21(14-16-23)30-25-24-18-29-33(22-7-5-4-6-8-22)26(24)32-27(31-25)28-17-20-11-9-19(2)10-12-20/h4-16,18H,3,17H2,1-2H3,(H2,28,30,31,32). The minimum Gasteiger partial charge on any atom is -0.494 e. The molecule has 5 aromatic rings. The van der Waals surface area contributed by atoms with Crippen LogP contribution in [-0.2, 0) is 6.54 Å². The lowest BCUT2D eigenvalue weighted by atomic mass is 10.1. The number of ether oxygens (including phenoxy) is 1. The van der Waals surface area contributed by atoms with Gasteiger partial charge in [-0.1, -0.05) is 48.0 Å². The molecule has 7 heteroatoms. The number of hydrogen-bond donors (Lipinski definition) is 2. The Morgan fingerprint density at radius 1 is 0.882 bits per heavy atom. The van der Waals surface area contributed by atoms with Crippen LogP contribution in [0, 0.1) is 6.92 Å². The third-order valence-electron chi connectivity index (χ3n) is 5.43. The highest BCUT2D eigenvalue weighted by atomic mass is 16.5. The Balaban J connectivity index is 1.51. The fraction of sp³-hybridized carbons (Fsp3) is 0.148. The van der Waals surface area contributed by atoms with Crippen LogP contribution < -0.4 is 15.4 Å². The number of fused-ring (bicyclic) bond motifs is 1. The van der Waals surface area contributed by atoms with Crippen molar-refractivity contribution in [1.82, 2.24) is 19.7 Å². The number of para-hydroxylation sites is 1. The molecular weight excluding hydrogens is 424 g/mol. The number of benzene rings is 3. The highest BCUT2D eigenvalue weighted by molar-refractivity contribution is 5.90. The second-order valence-corrected chi connectivity index (χ2v) is 7.95. The molecule has 170 valence electrons. The van der Waals surface area contributed by atoms with Crippen molar-refractivity contribution in [2.24, 2.45) is 0 Å². The zero-order valence-corrected chi connectivity index (χ0v) is 19.2. The van der Waals surface area contributed by atoms with Gasteiger partial charge >= 0.3 is 0 Å². The molecule has 0 fully saturated rings. The monoisotopic (exact) mass is 450 g/mol. The lowest BCUT2D eigenvalue weighted by molar-refractivity contribution is 0.340. The van der Waals surface area contributed by atoms with Gasteiger partial charge in [0.15, 0.2) is 5.65 Å². The number of rotatable bonds is 8. The van der Waals surface area contributed by atoms with Crippen molar-refractivity contribution in [3.05, 3.63) is 96.2 Å². The van der Waals surface area contributed by atoms with Crippen LogP contribution in [-0.4, -0.2) is 26.4 Å². The molecule has 7 nitrogen and oxygen atoms in total. The molecule has 2 aromatic heterocycles. The van der Waals surface area contributed by atoms with Crippen molar-refractivity contribution in [3.8, 4) is 11.4 Å². The summed E-state index contributed by atoms with van der Waals surface area (Å²) in [6.45, 7) is 5.30. The van der Waals surface area contributed by atoms with E-state index in [1.54, 1.807) is 6.20 Å². The van der Waals surface area contributed by atoms with E-state index in [0.29, 0.717) is 24.9 Å². The predicted molar refractivity (Wildman–Crippen MR) is 136 cm³/mol. The predicted octanol–water partition coefficient (Wildman–Crippen LogP) is 5.88. The summed E-state index contributed by atoms with van der Waals surface area (Å²) in [7, 11) is 0. The average Bonchev–Trinajstić information content (AvgIpc) is 3.30. The van der Waals surface area contributed by atoms with Crippen molar-refractivity contribution in [2.45, 2.75) is 20.4 Å². The molecule has 3 aromatic carbocycles. The normalized spacial score (nSPS) is 10.9. The number of hydrogen-bond acceptors (Lipinski definition) is 6. The second kappa shape index (κ2) is 9.62. The van der Waals surface area contributed by atoms with Crippen LogP contribution >= 0.6 is 0 Å². The number of aromatic nitrogens is 4. The number of nitrogens with one attached hydrogen (secondary N) is 2. The number of anilines is 3. The van der Waals surface area contributed by atoms with Crippen molar-refractivity contribution in [1.29, 1.82) is 0 Å². The summed E-state index contributed by atoms with van der Waals surface area (Å²) in [5, 5.41) is 12.2. The van der Waals surface area contributed by atoms with Crippen molar-refractivity contribution in [3.63, 3.8) is 0 Å². The first kappa shape index (κ1) is 21.5. The zero-order chi connectivity index (χ0) is 23.3. The fourth-order valence-corrected chi connectivity index (χ4v) is 3.67. The molecule has 0 radical (unpaired) electrons. The van der Waals surface area contributed by atoms with E-state index in [0.717, 1.165) is 33.7 Å². The smallest absolute Gasteiger partial charge is 0.227 e. The van der Waals surface area contributed by atoms with Gasteiger partial charge < -0.3 is 15.4 Å². The van der Waals surface area contributed by atoms with E-state index in [1.807, 2.05) is 66.2 Å². The fourth-order valence-electron chi connectivity index (χ4n) is 3.67. The summed E-state index contributed by atoms with van der Waals surface area (Å²) in [6.07, 6.45) is 1.79. The van der Waals surface area contributed by atoms with Gasteiger partial charge in [0.05, 0.1) is 23.9 Å². The Bertz CT molecular complexity index is 1380. The first-order valence-corrected chi connectivity index (χ1v) is 11.3. The van der Waals surface area contributed by atoms with E-state index in [9.17, 15) is 0 Å². The lowest BCUT2D eigenvalue weighted by Gasteiger charge is -2.12. The largest absolute Gasteiger partial charge is 0.494 e. The molecule has 34 heavy (non-hydrogen) atoms. The SMILES string of the molecule is CCOc1ccc(Nc2nc(NCc3ccc(C)cc3)nc3c2cnn3-c2ccccc2)cc1. The average molecular weight is 451 g/mol. The van der Waals surface area contributed by atoms with E-state index in [4.69, 9.17) is 14.7 Å². The van der Waals surface area contributed by atoms with E-state index in [-0.39, 0.29) is 0 Å². The molecule has 2 N–H and O–H groups in total. The van der Waals surface area contributed by atoms with Crippen LogP contribution in [0.5, 0.6) is 5.75 Å². The van der Waals surface area contributed by atoms with Crippen LogP contribution in [0.2, 0.25) is 0 Å². The number of aryl methyl sites for hydroxylation is 1. The van der Waals surface area contributed by atoms with E-state index >= 15 is 0 Å². The Kier molecular flexibility index (Phi) is 6.07. The topological polar surface area (TPSA) is 76.9 Å². The number of nitrogens with zero attached hydrogens (tertiary/aromatic N) is 4. The molecule has 0 aliphatic rings. The summed E-state index contributed by atoms with van der Waals surface area (Å²) in [5.41, 5.74) is 4.95. The molecule has 0 unspecified atom stereocenters. The third-order valence-corrected chi connectivity index (χ3v) is 5.43. The second-order valence-electron chi connectivity index (χ2n) is 7.95. The Morgan fingerprint density at radius 2 is 1.65 bits per heavy atom. The van der Waals surface area contributed by atoms with Gasteiger partial charge in [-0.25, -0.2) is 4.68 Å². The molecular formula is C27H26N6O. The summed E-state index contributed by atoms with van der Waals surface area (Å²) >= 11 is 0. The first-order chi connectivity index (χ1) is 16.7. The molecule has 2 heterocycles. The maximum absolute atomic E-state index is 5.56. The molecule has 0 bridgehead atoms. The van der Waals surface area contributed by atoms with Crippen LogP contribution in [0.25, 0.3) is 16.7 Å². The van der Waals surface area contributed by atoms with Gasteiger partial charge in [-0.2, -0.15) is 15.1 Å². The van der Waals surface area contributed by atoms with E-state index in [2.05, 4.69) is 46.9 Å². The highest BCUT2D eigenvalue weighted by Gasteiger charge is 2.14. The maximum atomic E-state index is 5.56. The molecule has 0 atom stereocenters. The summed E-state index contributed by atoms with van der Waals surface area (Å²) < 4.78 is 7.39. The molecule has 5 rings (SSSR count). The van der Waals surface area contributed by atoms with Gasteiger partial charge in [-0.3, -0.25) is 0 Å². The van der Waals surface area contributed by atoms with Gasteiger partial charge in [0, 0.05) is 12.2 Å². The third kappa shape index (κ3) is 4.68. The van der Waals surface area contributed by atoms with Crippen molar-refractivity contribution >= 4 is 28.5 Å². The van der Waals surface area contributed by atoms with Gasteiger partial charge in [0.2, 0.25) is 5.95 Å². The quantitative estimate of drug-likeness (QED) is 0.307. The first-order valence-electron chi connectivity index (χ1n) is 11.3. The Labute approximate surface area is 198 Å². The molecule has 0 saturated carbocycles. The van der Waals surface area contributed by atoms with Crippen LogP contribution in [0.15, 0.2) is 85.1 Å². The van der Waals surface area contributed by atoms with Crippen LogP contribution in [0.4, 0.5) is 17.5 Å². The zero-order valence-electron chi connectivity index (χ0n) is 19.2. The van der Waals surface area contributed by atoms with Gasteiger partial charge in [0.1, 0.15) is 11.6 Å². The minimum absolute atomic E-state index is 0.527. The van der Waals surface area contributed by atoms with Crippen molar-refractivity contribution < 1.29 is 4.74 Å². The summed E-state index contributed by atoms with van der Waals surface area (Å²) in [4.78, 5) is 9.58. The lowest BCUT2D eigenvalue weighted by Crippen LogP contribution is -2.07. The van der Waals surface area contributed by atoms with E-state index in [1.165, 1.54) is 5.56 Å². The van der Waals surface area contributed by atoms with Gasteiger partial charge in [-0.15, -0.1) is 0 Å². The Hall–Kier alpha value is -4.39. The summed E-state index contributed by atoms with van der Waals surface area (Å²) in [6, 6.07) is 26.2. The van der Waals surface area contributed by atoms with Crippen molar-refractivity contribution in [2.75, 3.05) is 17.2 Å². The van der Waals surface area contributed by atoms with Gasteiger partial charge in [-0.05, 0) is 55.8 Å². The summed E-state index contributed by atoms with van der Waals surface area (Å²) in [5.74, 6) is 2.04. The molecule has 0 aliphatic carbocycles. The maximum Gasteiger partial charge on any atom is 0.227 e.